The summed E-state index contributed by atoms with van der Waals surface area (Å²) >= 11 is 0. The van der Waals surface area contributed by atoms with Crippen LogP contribution in [0.1, 0.15) is 19.8 Å². The monoisotopic (exact) mass is 242 g/mol. The van der Waals surface area contributed by atoms with Gasteiger partial charge in [0.15, 0.2) is 0 Å². The van der Waals surface area contributed by atoms with Crippen LogP contribution in [0.3, 0.4) is 0 Å². The molecule has 0 N–H and O–H groups in total. The van der Waals surface area contributed by atoms with Crippen molar-refractivity contribution in [3.8, 4) is 0 Å². The maximum Gasteiger partial charge on any atom is 0.355 e. The first kappa shape index (κ1) is 11.7. The van der Waals surface area contributed by atoms with Gasteiger partial charge in [-0.05, 0) is 19.8 Å². The van der Waals surface area contributed by atoms with Crippen LogP contribution in [0.5, 0.6) is 0 Å². The minimum Gasteiger partial charge on any atom is -0.465 e. The fourth-order valence-corrected chi connectivity index (χ4v) is 1.53. The van der Waals surface area contributed by atoms with Gasteiger partial charge in [-0.2, -0.15) is 8.42 Å². The first-order valence-corrected chi connectivity index (χ1v) is 6.39. The maximum absolute atomic E-state index is 11.3. The number of esters is 1. The lowest BCUT2D eigenvalue weighted by Gasteiger charge is -2.11. The molecule has 7 heteroatoms. The fourth-order valence-electron chi connectivity index (χ4n) is 1.03. The number of hydrogen-bond donors (Lipinski definition) is 0. The second-order valence-electron chi connectivity index (χ2n) is 3.16. The molecule has 1 rings (SSSR count). The number of ether oxygens (including phenoxy) is 1. The standard InChI is InChI=1S/C7H11ClO5S/c1-2-12-6(9)7(3-4-7)5-13-14(8,10)11/h2-5H2,1H3. The molecule has 0 bridgehead atoms. The molecule has 0 saturated heterocycles. The number of hydrogen-bond acceptors (Lipinski definition) is 5. The van der Waals surface area contributed by atoms with Crippen LogP contribution in [-0.4, -0.2) is 27.6 Å². The second kappa shape index (κ2) is 4.04. The van der Waals surface area contributed by atoms with Crippen LogP contribution in [0.4, 0.5) is 0 Å². The Bertz CT molecular complexity index is 319. The van der Waals surface area contributed by atoms with Gasteiger partial charge in [0, 0.05) is 10.7 Å². The molecule has 1 fully saturated rings. The molecule has 0 heterocycles. The molecule has 1 aliphatic rings. The molecule has 0 aliphatic heterocycles. The van der Waals surface area contributed by atoms with Crippen LogP contribution in [0.25, 0.3) is 0 Å². The quantitative estimate of drug-likeness (QED) is 0.528. The fraction of sp³-hybridized carbons (Fsp3) is 0.857. The van der Waals surface area contributed by atoms with Gasteiger partial charge >= 0.3 is 15.3 Å². The highest BCUT2D eigenvalue weighted by Crippen LogP contribution is 2.47. The Kier molecular flexibility index (Phi) is 3.39. The summed E-state index contributed by atoms with van der Waals surface area (Å²) in [4.78, 5) is 11.3. The van der Waals surface area contributed by atoms with E-state index in [0.717, 1.165) is 0 Å². The zero-order valence-corrected chi connectivity index (χ0v) is 9.23. The number of carbonyl (C=O) groups is 1. The van der Waals surface area contributed by atoms with Crippen molar-refractivity contribution in [1.82, 2.24) is 0 Å². The van der Waals surface area contributed by atoms with Crippen molar-refractivity contribution in [1.29, 1.82) is 0 Å². The first-order chi connectivity index (χ1) is 6.40. The average molecular weight is 243 g/mol. The summed E-state index contributed by atoms with van der Waals surface area (Å²) in [6.07, 6.45) is 1.16. The third kappa shape index (κ3) is 3.11. The molecule has 0 aromatic heterocycles. The van der Waals surface area contributed by atoms with Gasteiger partial charge in [-0.1, -0.05) is 0 Å². The third-order valence-corrected chi connectivity index (χ3v) is 2.70. The lowest BCUT2D eigenvalue weighted by atomic mass is 10.1. The first-order valence-electron chi connectivity index (χ1n) is 4.16. The van der Waals surface area contributed by atoms with Crippen molar-refractivity contribution in [3.05, 3.63) is 0 Å². The van der Waals surface area contributed by atoms with Crippen molar-refractivity contribution in [2.45, 2.75) is 19.8 Å². The van der Waals surface area contributed by atoms with Crippen LogP contribution in [-0.2, 0) is 23.0 Å². The second-order valence-corrected chi connectivity index (χ2v) is 5.31. The Balaban J connectivity index is 2.47. The lowest BCUT2D eigenvalue weighted by molar-refractivity contribution is -0.150. The molecule has 0 amide bonds. The highest BCUT2D eigenvalue weighted by Gasteiger charge is 2.52. The topological polar surface area (TPSA) is 69.7 Å². The van der Waals surface area contributed by atoms with Crippen molar-refractivity contribution in [2.75, 3.05) is 13.2 Å². The summed E-state index contributed by atoms with van der Waals surface area (Å²) < 4.78 is 30.1. The van der Waals surface area contributed by atoms with Crippen LogP contribution < -0.4 is 0 Å². The minimum absolute atomic E-state index is 0.225. The van der Waals surface area contributed by atoms with E-state index in [-0.39, 0.29) is 13.2 Å². The molecule has 0 aromatic carbocycles. The van der Waals surface area contributed by atoms with Crippen LogP contribution >= 0.6 is 10.7 Å². The predicted octanol–water partition coefficient (Wildman–Crippen LogP) is 0.830. The zero-order chi connectivity index (χ0) is 10.8. The molecule has 0 unspecified atom stereocenters. The Hall–Kier alpha value is -0.330. The summed E-state index contributed by atoms with van der Waals surface area (Å²) in [5.41, 5.74) is -0.780. The molecule has 1 aliphatic carbocycles. The van der Waals surface area contributed by atoms with Crippen LogP contribution in [0.2, 0.25) is 0 Å². The SMILES string of the molecule is CCOC(=O)C1(COS(=O)(=O)Cl)CC1. The summed E-state index contributed by atoms with van der Waals surface area (Å²) in [5.74, 6) is -0.416. The smallest absolute Gasteiger partial charge is 0.355 e. The van der Waals surface area contributed by atoms with Crippen LogP contribution in [0, 0.1) is 5.41 Å². The van der Waals surface area contributed by atoms with Gasteiger partial charge in [0.2, 0.25) is 0 Å². The number of carbonyl (C=O) groups excluding carboxylic acids is 1. The van der Waals surface area contributed by atoms with E-state index in [4.69, 9.17) is 15.4 Å². The molecule has 0 radical (unpaired) electrons. The summed E-state index contributed by atoms with van der Waals surface area (Å²) in [6.45, 7) is 1.74. The molecule has 5 nitrogen and oxygen atoms in total. The normalized spacial score (nSPS) is 19.0. The summed E-state index contributed by atoms with van der Waals surface area (Å²) in [6, 6.07) is 0. The predicted molar refractivity (Wildman–Crippen MR) is 49.0 cm³/mol. The molecule has 0 aromatic rings. The van der Waals surface area contributed by atoms with Crippen LogP contribution in [0.15, 0.2) is 0 Å². The van der Waals surface area contributed by atoms with Gasteiger partial charge < -0.3 is 4.74 Å². The van der Waals surface area contributed by atoms with E-state index in [2.05, 4.69) is 4.18 Å². The van der Waals surface area contributed by atoms with Crippen molar-refractivity contribution < 1.29 is 22.1 Å². The molecular weight excluding hydrogens is 232 g/mol. The third-order valence-electron chi connectivity index (χ3n) is 2.04. The molecule has 0 spiro atoms. The Morgan fingerprint density at radius 1 is 1.50 bits per heavy atom. The minimum atomic E-state index is -4.00. The van der Waals surface area contributed by atoms with Gasteiger partial charge in [0.1, 0.15) is 0 Å². The van der Waals surface area contributed by atoms with Gasteiger partial charge in [-0.25, -0.2) is 0 Å². The maximum atomic E-state index is 11.3. The number of rotatable bonds is 5. The molecule has 1 saturated carbocycles. The summed E-state index contributed by atoms with van der Waals surface area (Å²) in [5, 5.41) is 0. The largest absolute Gasteiger partial charge is 0.465 e. The number of halogens is 1. The van der Waals surface area contributed by atoms with E-state index in [9.17, 15) is 13.2 Å². The Labute approximate surface area is 87.0 Å². The van der Waals surface area contributed by atoms with Gasteiger partial charge in [-0.3, -0.25) is 8.98 Å². The van der Waals surface area contributed by atoms with E-state index in [0.29, 0.717) is 12.8 Å². The van der Waals surface area contributed by atoms with Crippen molar-refractivity contribution in [2.24, 2.45) is 5.41 Å². The van der Waals surface area contributed by atoms with E-state index < -0.39 is 20.7 Å². The van der Waals surface area contributed by atoms with E-state index in [1.54, 1.807) is 6.92 Å². The highest BCUT2D eigenvalue weighted by molar-refractivity contribution is 8.09. The van der Waals surface area contributed by atoms with E-state index >= 15 is 0 Å². The van der Waals surface area contributed by atoms with E-state index in [1.807, 2.05) is 0 Å². The average Bonchev–Trinajstić information content (AvgIpc) is 2.80. The Morgan fingerprint density at radius 2 is 2.07 bits per heavy atom. The highest BCUT2D eigenvalue weighted by atomic mass is 35.7. The lowest BCUT2D eigenvalue weighted by Crippen LogP contribution is -2.25. The van der Waals surface area contributed by atoms with Gasteiger partial charge in [-0.15, -0.1) is 0 Å². The zero-order valence-electron chi connectivity index (χ0n) is 7.66. The molecule has 82 valence electrons. The van der Waals surface area contributed by atoms with Gasteiger partial charge in [0.05, 0.1) is 18.6 Å². The van der Waals surface area contributed by atoms with E-state index in [1.165, 1.54) is 0 Å². The van der Waals surface area contributed by atoms with Crippen molar-refractivity contribution >= 4 is 26.0 Å². The molecular formula is C7H11ClO5S. The van der Waals surface area contributed by atoms with Gasteiger partial charge in [0.25, 0.3) is 0 Å². The van der Waals surface area contributed by atoms with Crippen molar-refractivity contribution in [3.63, 3.8) is 0 Å². The molecule has 0 atom stereocenters. The summed E-state index contributed by atoms with van der Waals surface area (Å²) in [7, 11) is 0.845. The Morgan fingerprint density at radius 3 is 2.43 bits per heavy atom. The molecule has 14 heavy (non-hydrogen) atoms.